The fourth-order valence-corrected chi connectivity index (χ4v) is 3.57. The Morgan fingerprint density at radius 3 is 2.60 bits per heavy atom. The molecule has 0 aliphatic rings. The standard InChI is InChI=1S/C20H20FN5O3S/c21-17-3-1-14(2-4-17)12-30-20-25-19(29)16(7-15-8-22-13-23-9-15)10-26(20)11-18(28)24-5-6-27/h1-4,8-10,13,27H,5-7,11-12H2,(H,24,28). The first kappa shape index (κ1) is 21.6. The van der Waals surface area contributed by atoms with E-state index < -0.39 is 5.56 Å². The molecule has 0 bridgehead atoms. The predicted octanol–water partition coefficient (Wildman–Crippen LogP) is 1.16. The van der Waals surface area contributed by atoms with Crippen molar-refractivity contribution in [1.29, 1.82) is 0 Å². The highest BCUT2D eigenvalue weighted by molar-refractivity contribution is 7.98. The Morgan fingerprint density at radius 1 is 1.17 bits per heavy atom. The number of benzene rings is 1. The van der Waals surface area contributed by atoms with Crippen molar-refractivity contribution in [2.24, 2.45) is 0 Å². The lowest BCUT2D eigenvalue weighted by Crippen LogP contribution is -2.31. The lowest BCUT2D eigenvalue weighted by Gasteiger charge is -2.14. The third-order valence-corrected chi connectivity index (χ3v) is 5.13. The molecule has 10 heteroatoms. The lowest BCUT2D eigenvalue weighted by molar-refractivity contribution is -0.121. The van der Waals surface area contributed by atoms with Gasteiger partial charge in [-0.15, -0.1) is 0 Å². The zero-order valence-electron chi connectivity index (χ0n) is 16.0. The molecule has 0 aliphatic heterocycles. The second-order valence-electron chi connectivity index (χ2n) is 6.39. The number of hydrogen-bond donors (Lipinski definition) is 2. The van der Waals surface area contributed by atoms with E-state index in [-0.39, 0.29) is 37.8 Å². The average Bonchev–Trinajstić information content (AvgIpc) is 2.75. The Morgan fingerprint density at radius 2 is 1.90 bits per heavy atom. The van der Waals surface area contributed by atoms with Gasteiger partial charge in [-0.05, 0) is 23.3 Å². The molecule has 0 unspecified atom stereocenters. The van der Waals surface area contributed by atoms with Crippen LogP contribution in [0.15, 0.2) is 59.1 Å². The molecule has 3 aromatic rings. The van der Waals surface area contributed by atoms with E-state index in [2.05, 4.69) is 20.3 Å². The average molecular weight is 429 g/mol. The SMILES string of the molecule is O=C(Cn1cc(Cc2cncnc2)c(=O)nc1SCc1ccc(F)cc1)NCCO. The van der Waals surface area contributed by atoms with Gasteiger partial charge in [0.1, 0.15) is 18.7 Å². The number of rotatable bonds is 9. The predicted molar refractivity (Wildman–Crippen MR) is 109 cm³/mol. The Kier molecular flexibility index (Phi) is 7.63. The third kappa shape index (κ3) is 6.19. The van der Waals surface area contributed by atoms with Gasteiger partial charge in [0.2, 0.25) is 5.91 Å². The summed E-state index contributed by atoms with van der Waals surface area (Å²) in [7, 11) is 0. The van der Waals surface area contributed by atoms with E-state index in [0.717, 1.165) is 11.1 Å². The molecule has 1 amide bonds. The van der Waals surface area contributed by atoms with Gasteiger partial charge >= 0.3 is 0 Å². The van der Waals surface area contributed by atoms with Crippen molar-refractivity contribution in [3.8, 4) is 0 Å². The van der Waals surface area contributed by atoms with Crippen LogP contribution in [0.1, 0.15) is 16.7 Å². The van der Waals surface area contributed by atoms with Gasteiger partial charge in [0.25, 0.3) is 5.56 Å². The van der Waals surface area contributed by atoms with Gasteiger partial charge in [0.05, 0.1) is 6.61 Å². The molecular formula is C20H20FN5O3S. The van der Waals surface area contributed by atoms with Crippen LogP contribution in [0, 0.1) is 5.82 Å². The van der Waals surface area contributed by atoms with Gasteiger partial charge in [-0.25, -0.2) is 14.4 Å². The number of amides is 1. The van der Waals surface area contributed by atoms with E-state index in [1.807, 2.05) is 0 Å². The van der Waals surface area contributed by atoms with Crippen molar-refractivity contribution in [3.63, 3.8) is 0 Å². The van der Waals surface area contributed by atoms with Crippen LogP contribution in [-0.4, -0.2) is 43.7 Å². The molecule has 0 radical (unpaired) electrons. The van der Waals surface area contributed by atoms with Crippen LogP contribution in [0.25, 0.3) is 0 Å². The van der Waals surface area contributed by atoms with Crippen LogP contribution in [0.4, 0.5) is 4.39 Å². The summed E-state index contributed by atoms with van der Waals surface area (Å²) < 4.78 is 14.7. The maximum atomic E-state index is 13.1. The number of nitrogens with one attached hydrogen (secondary N) is 1. The van der Waals surface area contributed by atoms with E-state index in [4.69, 9.17) is 5.11 Å². The Labute approximate surface area is 176 Å². The maximum absolute atomic E-state index is 13.1. The second-order valence-corrected chi connectivity index (χ2v) is 7.34. The van der Waals surface area contributed by atoms with Gasteiger partial charge < -0.3 is 15.0 Å². The molecule has 0 spiro atoms. The molecule has 30 heavy (non-hydrogen) atoms. The quantitative estimate of drug-likeness (QED) is 0.388. The highest BCUT2D eigenvalue weighted by atomic mass is 32.2. The number of aromatic nitrogens is 4. The van der Waals surface area contributed by atoms with Crippen LogP contribution >= 0.6 is 11.8 Å². The van der Waals surface area contributed by atoms with Crippen LogP contribution in [0.2, 0.25) is 0 Å². The molecule has 8 nitrogen and oxygen atoms in total. The molecule has 2 N–H and O–H groups in total. The zero-order valence-corrected chi connectivity index (χ0v) is 16.8. The van der Waals surface area contributed by atoms with Gasteiger partial charge in [-0.1, -0.05) is 23.9 Å². The first-order valence-electron chi connectivity index (χ1n) is 9.14. The van der Waals surface area contributed by atoms with Crippen molar-refractivity contribution in [2.45, 2.75) is 23.9 Å². The van der Waals surface area contributed by atoms with Crippen molar-refractivity contribution in [2.75, 3.05) is 13.2 Å². The zero-order chi connectivity index (χ0) is 21.3. The molecule has 2 heterocycles. The van der Waals surface area contributed by atoms with Crippen LogP contribution in [0.5, 0.6) is 0 Å². The summed E-state index contributed by atoms with van der Waals surface area (Å²) >= 11 is 1.28. The molecule has 0 aliphatic carbocycles. The first-order chi connectivity index (χ1) is 14.5. The van der Waals surface area contributed by atoms with Crippen LogP contribution < -0.4 is 10.9 Å². The fourth-order valence-electron chi connectivity index (χ4n) is 2.65. The summed E-state index contributed by atoms with van der Waals surface area (Å²) in [6.07, 6.45) is 6.52. The summed E-state index contributed by atoms with van der Waals surface area (Å²) in [6, 6.07) is 6.04. The Hall–Kier alpha value is -3.11. The number of thioether (sulfide) groups is 1. The van der Waals surface area contributed by atoms with Gasteiger partial charge in [0, 0.05) is 42.9 Å². The number of aliphatic hydroxyl groups is 1. The molecule has 0 saturated heterocycles. The van der Waals surface area contributed by atoms with Gasteiger partial charge in [-0.3, -0.25) is 9.59 Å². The summed E-state index contributed by atoms with van der Waals surface area (Å²) in [4.78, 5) is 36.8. The molecule has 0 atom stereocenters. The number of halogens is 1. The highest BCUT2D eigenvalue weighted by Gasteiger charge is 2.13. The molecule has 0 saturated carbocycles. The van der Waals surface area contributed by atoms with Crippen molar-refractivity contribution in [1.82, 2.24) is 24.8 Å². The lowest BCUT2D eigenvalue weighted by atomic mass is 10.1. The van der Waals surface area contributed by atoms with E-state index in [9.17, 15) is 14.0 Å². The van der Waals surface area contributed by atoms with E-state index in [1.54, 1.807) is 35.3 Å². The van der Waals surface area contributed by atoms with E-state index >= 15 is 0 Å². The van der Waals surface area contributed by atoms with E-state index in [1.165, 1.54) is 30.2 Å². The molecule has 3 rings (SSSR count). The molecule has 2 aromatic heterocycles. The van der Waals surface area contributed by atoms with Crippen molar-refractivity contribution in [3.05, 3.63) is 82.0 Å². The largest absolute Gasteiger partial charge is 0.395 e. The number of carbonyl (C=O) groups excluding carboxylic acids is 1. The molecule has 156 valence electrons. The molecular weight excluding hydrogens is 409 g/mol. The normalized spacial score (nSPS) is 10.7. The highest BCUT2D eigenvalue weighted by Crippen LogP contribution is 2.21. The minimum absolute atomic E-state index is 0.0582. The second kappa shape index (κ2) is 10.6. The molecule has 1 aromatic carbocycles. The Bertz CT molecular complexity index is 1040. The van der Waals surface area contributed by atoms with Crippen molar-refractivity contribution < 1.29 is 14.3 Å². The van der Waals surface area contributed by atoms with Crippen LogP contribution in [-0.2, 0) is 23.5 Å². The minimum Gasteiger partial charge on any atom is -0.395 e. The van der Waals surface area contributed by atoms with Crippen molar-refractivity contribution >= 4 is 17.7 Å². The molecule has 0 fully saturated rings. The summed E-state index contributed by atoms with van der Waals surface area (Å²) in [6.45, 7) is -0.0877. The van der Waals surface area contributed by atoms with Gasteiger partial charge in [0.15, 0.2) is 5.16 Å². The summed E-state index contributed by atoms with van der Waals surface area (Å²) in [5, 5.41) is 11.8. The summed E-state index contributed by atoms with van der Waals surface area (Å²) in [5.41, 5.74) is 1.62. The minimum atomic E-state index is -0.396. The van der Waals surface area contributed by atoms with Gasteiger partial charge in [-0.2, -0.15) is 4.98 Å². The first-order valence-corrected chi connectivity index (χ1v) is 10.1. The van der Waals surface area contributed by atoms with E-state index in [0.29, 0.717) is 16.5 Å². The number of carbonyl (C=O) groups is 1. The topological polar surface area (TPSA) is 110 Å². The fraction of sp³-hybridized carbons (Fsp3) is 0.250. The Balaban J connectivity index is 1.84. The number of hydrogen-bond acceptors (Lipinski definition) is 7. The van der Waals surface area contributed by atoms with Crippen LogP contribution in [0.3, 0.4) is 0 Å². The summed E-state index contributed by atoms with van der Waals surface area (Å²) in [5.74, 6) is -0.183. The number of aliphatic hydroxyl groups excluding tert-OH is 1. The maximum Gasteiger partial charge on any atom is 0.277 e. The third-order valence-electron chi connectivity index (χ3n) is 4.07. The smallest absolute Gasteiger partial charge is 0.277 e. The monoisotopic (exact) mass is 429 g/mol. The number of nitrogens with zero attached hydrogens (tertiary/aromatic N) is 4.